The molecular weight excluding hydrogens is 258 g/mol. The lowest BCUT2D eigenvalue weighted by Crippen LogP contribution is -2.04. The van der Waals surface area contributed by atoms with Crippen molar-refractivity contribution in [1.29, 1.82) is 0 Å². The molecule has 2 heterocycles. The Balaban J connectivity index is 2.24. The molecule has 0 aliphatic heterocycles. The first-order valence-corrected chi connectivity index (χ1v) is 8.32. The molecule has 0 amide bonds. The fourth-order valence-corrected chi connectivity index (χ4v) is 2.96. The Hall–Kier alpha value is -1.23. The molecule has 0 saturated heterocycles. The van der Waals surface area contributed by atoms with Gasteiger partial charge in [0.1, 0.15) is 11.3 Å². The van der Waals surface area contributed by atoms with E-state index in [1.165, 1.54) is 11.1 Å². The van der Waals surface area contributed by atoms with Gasteiger partial charge in [0.05, 0.1) is 11.7 Å². The van der Waals surface area contributed by atoms with Crippen LogP contribution in [-0.4, -0.2) is 30.8 Å². The number of unbranched alkanes of at least 4 members (excludes halogenated alkanes) is 1. The van der Waals surface area contributed by atoms with Gasteiger partial charge in [0.15, 0.2) is 0 Å². The molecule has 5 heteroatoms. The minimum absolute atomic E-state index is 0.689. The van der Waals surface area contributed by atoms with Crippen LogP contribution in [0.1, 0.15) is 29.9 Å². The molecule has 1 unspecified atom stereocenters. The summed E-state index contributed by atoms with van der Waals surface area (Å²) in [4.78, 5) is 8.93. The van der Waals surface area contributed by atoms with E-state index in [2.05, 4.69) is 21.5 Å². The third kappa shape index (κ3) is 3.03. The molecule has 2 aromatic rings. The Morgan fingerprint density at radius 3 is 2.68 bits per heavy atom. The summed E-state index contributed by atoms with van der Waals surface area (Å²) in [5.41, 5.74) is 4.43. The Labute approximate surface area is 116 Å². The minimum Gasteiger partial charge on any atom is -0.328 e. The van der Waals surface area contributed by atoms with E-state index in [0.29, 0.717) is 0 Å². The Morgan fingerprint density at radius 1 is 1.26 bits per heavy atom. The standard InChI is InChI=1S/C14H21N3OS/c1-10-11(2)15-9-13-14(10)17(12(3)16-13)7-5-6-8-19(4)18/h9H,5-8H2,1-4H3. The lowest BCUT2D eigenvalue weighted by Gasteiger charge is -2.09. The van der Waals surface area contributed by atoms with E-state index < -0.39 is 10.8 Å². The summed E-state index contributed by atoms with van der Waals surface area (Å²) < 4.78 is 13.3. The maximum absolute atomic E-state index is 11.1. The molecule has 4 nitrogen and oxygen atoms in total. The number of aryl methyl sites for hydroxylation is 4. The number of imidazole rings is 1. The van der Waals surface area contributed by atoms with Crippen molar-refractivity contribution in [2.24, 2.45) is 0 Å². The van der Waals surface area contributed by atoms with Crippen LogP contribution >= 0.6 is 0 Å². The van der Waals surface area contributed by atoms with E-state index in [9.17, 15) is 4.21 Å². The zero-order valence-electron chi connectivity index (χ0n) is 12.1. The van der Waals surface area contributed by atoms with Gasteiger partial charge < -0.3 is 4.57 Å². The number of hydrogen-bond donors (Lipinski definition) is 0. The van der Waals surface area contributed by atoms with E-state index in [1.54, 1.807) is 6.26 Å². The average molecular weight is 279 g/mol. The third-order valence-electron chi connectivity index (χ3n) is 3.53. The normalized spacial score (nSPS) is 13.1. The topological polar surface area (TPSA) is 47.8 Å². The predicted octanol–water partition coefficient (Wildman–Crippen LogP) is 2.52. The van der Waals surface area contributed by atoms with Crippen molar-refractivity contribution < 1.29 is 4.21 Å². The summed E-state index contributed by atoms with van der Waals surface area (Å²) in [6.45, 7) is 7.10. The third-order valence-corrected chi connectivity index (χ3v) is 4.39. The van der Waals surface area contributed by atoms with Crippen molar-refractivity contribution in [3.8, 4) is 0 Å². The minimum atomic E-state index is -0.689. The maximum Gasteiger partial charge on any atom is 0.107 e. The number of pyridine rings is 1. The number of rotatable bonds is 5. The number of aromatic nitrogens is 3. The molecule has 0 spiro atoms. The SMILES string of the molecule is Cc1ncc2nc(C)n(CCCCS(C)=O)c2c1C. The molecule has 0 saturated carbocycles. The highest BCUT2D eigenvalue weighted by Gasteiger charge is 2.11. The van der Waals surface area contributed by atoms with Gasteiger partial charge in [-0.3, -0.25) is 9.19 Å². The van der Waals surface area contributed by atoms with Gasteiger partial charge in [-0.25, -0.2) is 4.98 Å². The molecule has 0 N–H and O–H groups in total. The fraction of sp³-hybridized carbons (Fsp3) is 0.571. The smallest absolute Gasteiger partial charge is 0.107 e. The van der Waals surface area contributed by atoms with Crippen LogP contribution in [0.25, 0.3) is 11.0 Å². The summed E-state index contributed by atoms with van der Waals surface area (Å²) in [5.74, 6) is 1.81. The monoisotopic (exact) mass is 279 g/mol. The molecule has 19 heavy (non-hydrogen) atoms. The average Bonchev–Trinajstić information content (AvgIpc) is 2.66. The van der Waals surface area contributed by atoms with E-state index in [-0.39, 0.29) is 0 Å². The Bertz CT molecular complexity index is 619. The molecule has 0 radical (unpaired) electrons. The van der Waals surface area contributed by atoms with Gasteiger partial charge in [0, 0.05) is 35.0 Å². The van der Waals surface area contributed by atoms with Crippen molar-refractivity contribution in [3.63, 3.8) is 0 Å². The molecular formula is C14H21N3OS. The molecule has 0 fully saturated rings. The van der Waals surface area contributed by atoms with E-state index >= 15 is 0 Å². The first-order valence-electron chi connectivity index (χ1n) is 6.59. The Morgan fingerprint density at radius 2 is 2.00 bits per heavy atom. The van der Waals surface area contributed by atoms with Gasteiger partial charge in [0.2, 0.25) is 0 Å². The van der Waals surface area contributed by atoms with E-state index in [0.717, 1.165) is 42.2 Å². The number of hydrogen-bond acceptors (Lipinski definition) is 3. The largest absolute Gasteiger partial charge is 0.328 e. The van der Waals surface area contributed by atoms with Crippen molar-refractivity contribution in [2.75, 3.05) is 12.0 Å². The van der Waals surface area contributed by atoms with Gasteiger partial charge in [-0.2, -0.15) is 0 Å². The first kappa shape index (κ1) is 14.2. The lowest BCUT2D eigenvalue weighted by atomic mass is 10.2. The van der Waals surface area contributed by atoms with Gasteiger partial charge in [-0.1, -0.05) is 0 Å². The van der Waals surface area contributed by atoms with Crippen molar-refractivity contribution in [1.82, 2.24) is 14.5 Å². The van der Waals surface area contributed by atoms with Crippen molar-refractivity contribution >= 4 is 21.8 Å². The van der Waals surface area contributed by atoms with Gasteiger partial charge >= 0.3 is 0 Å². The number of nitrogens with zero attached hydrogens (tertiary/aromatic N) is 3. The van der Waals surface area contributed by atoms with Crippen LogP contribution in [0.15, 0.2) is 6.20 Å². The van der Waals surface area contributed by atoms with Crippen LogP contribution in [0, 0.1) is 20.8 Å². The van der Waals surface area contributed by atoms with Crippen molar-refractivity contribution in [3.05, 3.63) is 23.3 Å². The van der Waals surface area contributed by atoms with Crippen LogP contribution in [0.2, 0.25) is 0 Å². The fourth-order valence-electron chi connectivity index (χ4n) is 2.35. The number of fused-ring (bicyclic) bond motifs is 1. The zero-order chi connectivity index (χ0) is 14.0. The van der Waals surface area contributed by atoms with Crippen LogP contribution in [0.3, 0.4) is 0 Å². The van der Waals surface area contributed by atoms with E-state index in [4.69, 9.17) is 0 Å². The molecule has 1 atom stereocenters. The van der Waals surface area contributed by atoms with Gasteiger partial charge in [-0.15, -0.1) is 0 Å². The summed E-state index contributed by atoms with van der Waals surface area (Å²) in [7, 11) is -0.689. The lowest BCUT2D eigenvalue weighted by molar-refractivity contribution is 0.626. The maximum atomic E-state index is 11.1. The second-order valence-electron chi connectivity index (χ2n) is 5.00. The van der Waals surface area contributed by atoms with Crippen LogP contribution < -0.4 is 0 Å². The molecule has 0 aliphatic rings. The highest BCUT2D eigenvalue weighted by molar-refractivity contribution is 7.84. The molecule has 2 aromatic heterocycles. The van der Waals surface area contributed by atoms with Crippen LogP contribution in [0.5, 0.6) is 0 Å². The highest BCUT2D eigenvalue weighted by Crippen LogP contribution is 2.21. The van der Waals surface area contributed by atoms with Crippen LogP contribution in [-0.2, 0) is 17.3 Å². The van der Waals surface area contributed by atoms with Crippen molar-refractivity contribution in [2.45, 2.75) is 40.2 Å². The van der Waals surface area contributed by atoms with Gasteiger partial charge in [-0.05, 0) is 39.2 Å². The predicted molar refractivity (Wildman–Crippen MR) is 79.9 cm³/mol. The molecule has 0 aliphatic carbocycles. The summed E-state index contributed by atoms with van der Waals surface area (Å²) in [6, 6.07) is 0. The summed E-state index contributed by atoms with van der Waals surface area (Å²) in [6.07, 6.45) is 5.64. The van der Waals surface area contributed by atoms with E-state index in [1.807, 2.05) is 20.0 Å². The zero-order valence-corrected chi connectivity index (χ0v) is 12.9. The summed E-state index contributed by atoms with van der Waals surface area (Å²) >= 11 is 0. The second-order valence-corrected chi connectivity index (χ2v) is 6.55. The molecule has 104 valence electrons. The second kappa shape index (κ2) is 5.82. The summed E-state index contributed by atoms with van der Waals surface area (Å²) in [5, 5.41) is 0. The molecule has 2 rings (SSSR count). The molecule has 0 aromatic carbocycles. The highest BCUT2D eigenvalue weighted by atomic mass is 32.2. The first-order chi connectivity index (χ1) is 9.00. The van der Waals surface area contributed by atoms with Gasteiger partial charge in [0.25, 0.3) is 0 Å². The quantitative estimate of drug-likeness (QED) is 0.790. The Kier molecular flexibility index (Phi) is 4.34. The van der Waals surface area contributed by atoms with Crippen LogP contribution in [0.4, 0.5) is 0 Å². The molecule has 0 bridgehead atoms.